The maximum atomic E-state index is 13.0. The Morgan fingerprint density at radius 1 is 1.47 bits per heavy atom. The Bertz CT molecular complexity index is 636. The summed E-state index contributed by atoms with van der Waals surface area (Å²) in [6.07, 6.45) is 1.95. The highest BCUT2D eigenvalue weighted by molar-refractivity contribution is 5.91. The molecule has 1 heterocycles. The first kappa shape index (κ1) is 11.6. The van der Waals surface area contributed by atoms with E-state index in [9.17, 15) is 9.18 Å². The monoisotopic (exact) mass is 262 g/mol. The average Bonchev–Trinajstić information content (AvgIpc) is 3.06. The van der Waals surface area contributed by atoms with Gasteiger partial charge in [-0.2, -0.15) is 4.98 Å². The van der Waals surface area contributed by atoms with Crippen molar-refractivity contribution in [1.29, 1.82) is 0 Å². The lowest BCUT2D eigenvalue weighted by atomic mass is 10.2. The van der Waals surface area contributed by atoms with Crippen LogP contribution in [0.1, 0.15) is 23.5 Å². The van der Waals surface area contributed by atoms with E-state index in [4.69, 9.17) is 10.3 Å². The van der Waals surface area contributed by atoms with Gasteiger partial charge in [0, 0.05) is 11.6 Å². The molecule has 7 heteroatoms. The van der Waals surface area contributed by atoms with Gasteiger partial charge >= 0.3 is 0 Å². The van der Waals surface area contributed by atoms with Gasteiger partial charge in [0.1, 0.15) is 5.82 Å². The van der Waals surface area contributed by atoms with Gasteiger partial charge in [-0.25, -0.2) is 4.39 Å². The molecule has 0 spiro atoms. The molecule has 1 fully saturated rings. The van der Waals surface area contributed by atoms with Crippen molar-refractivity contribution in [2.24, 2.45) is 0 Å². The predicted octanol–water partition coefficient (Wildman–Crippen LogP) is 1.35. The number of rotatable bonds is 3. The van der Waals surface area contributed by atoms with Crippen LogP contribution in [0.5, 0.6) is 0 Å². The summed E-state index contributed by atoms with van der Waals surface area (Å²) in [5.41, 5.74) is 5.91. The molecule has 1 aliphatic carbocycles. The van der Waals surface area contributed by atoms with Crippen LogP contribution in [-0.4, -0.2) is 22.1 Å². The van der Waals surface area contributed by atoms with Crippen LogP contribution in [0, 0.1) is 5.82 Å². The molecule has 0 unspecified atom stereocenters. The molecular formula is C12H11FN4O2. The predicted molar refractivity (Wildman–Crippen MR) is 64.6 cm³/mol. The van der Waals surface area contributed by atoms with Gasteiger partial charge in [0.15, 0.2) is 0 Å². The van der Waals surface area contributed by atoms with Crippen LogP contribution in [0.4, 0.5) is 10.1 Å². The van der Waals surface area contributed by atoms with Crippen molar-refractivity contribution in [2.45, 2.75) is 18.9 Å². The number of halogens is 1. The van der Waals surface area contributed by atoms with Crippen molar-refractivity contribution in [3.05, 3.63) is 29.8 Å². The van der Waals surface area contributed by atoms with Crippen LogP contribution in [0.25, 0.3) is 11.5 Å². The van der Waals surface area contributed by atoms with Gasteiger partial charge in [-0.15, -0.1) is 0 Å². The molecule has 19 heavy (non-hydrogen) atoms. The van der Waals surface area contributed by atoms with Crippen LogP contribution in [0.2, 0.25) is 0 Å². The van der Waals surface area contributed by atoms with Crippen LogP contribution >= 0.6 is 0 Å². The van der Waals surface area contributed by atoms with Crippen molar-refractivity contribution in [2.75, 3.05) is 5.73 Å². The lowest BCUT2D eigenvalue weighted by Gasteiger charge is -1.98. The summed E-state index contributed by atoms with van der Waals surface area (Å²) >= 11 is 0. The molecule has 1 aromatic carbocycles. The molecule has 1 amide bonds. The van der Waals surface area contributed by atoms with E-state index in [1.807, 2.05) is 0 Å². The van der Waals surface area contributed by atoms with Crippen molar-refractivity contribution >= 4 is 11.6 Å². The van der Waals surface area contributed by atoms with Crippen LogP contribution in [0.3, 0.4) is 0 Å². The third-order valence-corrected chi connectivity index (χ3v) is 2.78. The summed E-state index contributed by atoms with van der Waals surface area (Å²) in [4.78, 5) is 15.6. The number of nitrogens with two attached hydrogens (primary N) is 1. The van der Waals surface area contributed by atoms with Crippen molar-refractivity contribution in [1.82, 2.24) is 15.5 Å². The SMILES string of the molecule is Nc1cc(-c2nc(C(=O)NC3CC3)no2)ccc1F. The molecular weight excluding hydrogens is 251 g/mol. The Morgan fingerprint density at radius 2 is 2.26 bits per heavy atom. The van der Waals surface area contributed by atoms with Gasteiger partial charge in [0.25, 0.3) is 17.6 Å². The number of aromatic nitrogens is 2. The molecule has 98 valence electrons. The normalized spacial score (nSPS) is 14.4. The van der Waals surface area contributed by atoms with Gasteiger partial charge in [-0.05, 0) is 31.0 Å². The van der Waals surface area contributed by atoms with E-state index in [0.717, 1.165) is 12.8 Å². The van der Waals surface area contributed by atoms with Gasteiger partial charge < -0.3 is 15.6 Å². The molecule has 2 aromatic rings. The highest BCUT2D eigenvalue weighted by Gasteiger charge is 2.26. The number of hydrogen-bond acceptors (Lipinski definition) is 5. The molecule has 0 saturated heterocycles. The van der Waals surface area contributed by atoms with E-state index < -0.39 is 5.82 Å². The smallest absolute Gasteiger partial charge is 0.292 e. The Morgan fingerprint density at radius 3 is 2.95 bits per heavy atom. The lowest BCUT2D eigenvalue weighted by Crippen LogP contribution is -2.26. The average molecular weight is 262 g/mol. The summed E-state index contributed by atoms with van der Waals surface area (Å²) in [6.45, 7) is 0. The molecule has 1 saturated carbocycles. The molecule has 1 aliphatic rings. The summed E-state index contributed by atoms with van der Waals surface area (Å²) in [5.74, 6) is -0.792. The number of anilines is 1. The van der Waals surface area contributed by atoms with Crippen molar-refractivity contribution < 1.29 is 13.7 Å². The molecule has 0 atom stereocenters. The van der Waals surface area contributed by atoms with Crippen LogP contribution in [0.15, 0.2) is 22.7 Å². The Balaban J connectivity index is 1.83. The summed E-state index contributed by atoms with van der Waals surface area (Å²) in [5, 5.41) is 6.34. The van der Waals surface area contributed by atoms with Gasteiger partial charge in [0.05, 0.1) is 5.69 Å². The third kappa shape index (κ3) is 2.40. The minimum Gasteiger partial charge on any atom is -0.396 e. The molecule has 3 rings (SSSR count). The number of benzene rings is 1. The molecule has 1 aromatic heterocycles. The quantitative estimate of drug-likeness (QED) is 0.814. The zero-order valence-corrected chi connectivity index (χ0v) is 9.89. The summed E-state index contributed by atoms with van der Waals surface area (Å²) in [7, 11) is 0. The number of carbonyl (C=O) groups excluding carboxylic acids is 1. The highest BCUT2D eigenvalue weighted by atomic mass is 19.1. The number of nitrogens with zero attached hydrogens (tertiary/aromatic N) is 2. The van der Waals surface area contributed by atoms with Crippen molar-refractivity contribution in [3.63, 3.8) is 0 Å². The Labute approximate surface area is 107 Å². The highest BCUT2D eigenvalue weighted by Crippen LogP contribution is 2.22. The third-order valence-electron chi connectivity index (χ3n) is 2.78. The second kappa shape index (κ2) is 4.34. The van der Waals surface area contributed by atoms with E-state index in [-0.39, 0.29) is 29.4 Å². The van der Waals surface area contributed by atoms with Crippen molar-refractivity contribution in [3.8, 4) is 11.5 Å². The van der Waals surface area contributed by atoms with E-state index >= 15 is 0 Å². The van der Waals surface area contributed by atoms with E-state index in [1.165, 1.54) is 18.2 Å². The lowest BCUT2D eigenvalue weighted by molar-refractivity contribution is 0.0937. The first-order chi connectivity index (χ1) is 9.13. The topological polar surface area (TPSA) is 94.0 Å². The van der Waals surface area contributed by atoms with Crippen LogP contribution in [-0.2, 0) is 0 Å². The second-order valence-corrected chi connectivity index (χ2v) is 4.41. The zero-order valence-electron chi connectivity index (χ0n) is 9.89. The largest absolute Gasteiger partial charge is 0.396 e. The minimum atomic E-state index is -0.519. The first-order valence-corrected chi connectivity index (χ1v) is 5.83. The summed E-state index contributed by atoms with van der Waals surface area (Å²) < 4.78 is 18.0. The summed E-state index contributed by atoms with van der Waals surface area (Å²) in [6, 6.07) is 4.27. The maximum Gasteiger partial charge on any atom is 0.292 e. The Kier molecular flexibility index (Phi) is 2.66. The first-order valence-electron chi connectivity index (χ1n) is 5.83. The zero-order chi connectivity index (χ0) is 13.4. The molecule has 0 aliphatic heterocycles. The fourth-order valence-electron chi connectivity index (χ4n) is 1.59. The van der Waals surface area contributed by atoms with E-state index in [0.29, 0.717) is 5.56 Å². The molecule has 6 nitrogen and oxygen atoms in total. The van der Waals surface area contributed by atoms with Gasteiger partial charge in [0.2, 0.25) is 0 Å². The number of amides is 1. The van der Waals surface area contributed by atoms with E-state index in [2.05, 4.69) is 15.5 Å². The second-order valence-electron chi connectivity index (χ2n) is 4.41. The number of nitrogens with one attached hydrogen (secondary N) is 1. The number of hydrogen-bond donors (Lipinski definition) is 2. The van der Waals surface area contributed by atoms with Gasteiger partial charge in [-0.3, -0.25) is 4.79 Å². The number of nitrogen functional groups attached to an aromatic ring is 1. The van der Waals surface area contributed by atoms with E-state index in [1.54, 1.807) is 0 Å². The molecule has 0 radical (unpaired) electrons. The number of carbonyl (C=O) groups is 1. The fourth-order valence-corrected chi connectivity index (χ4v) is 1.59. The maximum absolute atomic E-state index is 13.0. The molecule has 0 bridgehead atoms. The Hall–Kier alpha value is -2.44. The minimum absolute atomic E-state index is 0.0142. The fraction of sp³-hybridized carbons (Fsp3) is 0.250. The molecule has 3 N–H and O–H groups in total. The van der Waals surface area contributed by atoms with Crippen LogP contribution < -0.4 is 11.1 Å². The standard InChI is InChI=1S/C12H11FN4O2/c13-8-4-1-6(5-9(8)14)12-16-10(17-19-12)11(18)15-7-2-3-7/h1,4-5,7H,2-3,14H2,(H,15,18). The van der Waals surface area contributed by atoms with Gasteiger partial charge in [-0.1, -0.05) is 5.16 Å².